The maximum absolute atomic E-state index is 6.08. The van der Waals surface area contributed by atoms with Gasteiger partial charge in [-0.15, -0.1) is 0 Å². The SMILES string of the molecule is CCC(C)(N)c1noc(Cc2cccc(C)c2)n1. The Kier molecular flexibility index (Phi) is 3.48. The van der Waals surface area contributed by atoms with E-state index in [2.05, 4.69) is 35.3 Å². The summed E-state index contributed by atoms with van der Waals surface area (Å²) in [5.74, 6) is 1.19. The fourth-order valence-corrected chi connectivity index (χ4v) is 1.71. The van der Waals surface area contributed by atoms with E-state index in [0.717, 1.165) is 6.42 Å². The Morgan fingerprint density at radius 3 is 2.83 bits per heavy atom. The summed E-state index contributed by atoms with van der Waals surface area (Å²) in [6.45, 7) is 5.99. The van der Waals surface area contributed by atoms with Crippen LogP contribution in [0, 0.1) is 6.92 Å². The van der Waals surface area contributed by atoms with Crippen LogP contribution in [0.4, 0.5) is 0 Å². The lowest BCUT2D eigenvalue weighted by Crippen LogP contribution is -2.33. The topological polar surface area (TPSA) is 64.9 Å². The first kappa shape index (κ1) is 12.8. The third-order valence-electron chi connectivity index (χ3n) is 3.15. The first-order valence-electron chi connectivity index (χ1n) is 6.19. The van der Waals surface area contributed by atoms with Crippen molar-refractivity contribution in [2.45, 2.75) is 39.2 Å². The third kappa shape index (κ3) is 2.76. The van der Waals surface area contributed by atoms with Crippen molar-refractivity contribution in [1.29, 1.82) is 0 Å². The highest BCUT2D eigenvalue weighted by Crippen LogP contribution is 2.19. The summed E-state index contributed by atoms with van der Waals surface area (Å²) >= 11 is 0. The van der Waals surface area contributed by atoms with Gasteiger partial charge in [0.2, 0.25) is 5.89 Å². The van der Waals surface area contributed by atoms with Gasteiger partial charge in [0.05, 0.1) is 12.0 Å². The van der Waals surface area contributed by atoms with Gasteiger partial charge >= 0.3 is 0 Å². The average Bonchev–Trinajstić information content (AvgIpc) is 2.78. The molecule has 2 rings (SSSR count). The summed E-state index contributed by atoms with van der Waals surface area (Å²) in [5.41, 5.74) is 7.96. The maximum atomic E-state index is 6.08. The molecule has 4 heteroatoms. The molecule has 1 atom stereocenters. The zero-order valence-corrected chi connectivity index (χ0v) is 11.1. The Hall–Kier alpha value is -1.68. The Morgan fingerprint density at radius 2 is 2.17 bits per heavy atom. The fraction of sp³-hybridized carbons (Fsp3) is 0.429. The van der Waals surface area contributed by atoms with Gasteiger partial charge in [0, 0.05) is 0 Å². The first-order valence-corrected chi connectivity index (χ1v) is 6.19. The Labute approximate surface area is 107 Å². The molecule has 2 N–H and O–H groups in total. The lowest BCUT2D eigenvalue weighted by atomic mass is 10.00. The van der Waals surface area contributed by atoms with Crippen molar-refractivity contribution in [2.24, 2.45) is 5.73 Å². The molecule has 2 aromatic rings. The van der Waals surface area contributed by atoms with Gasteiger partial charge in [-0.1, -0.05) is 41.9 Å². The predicted molar refractivity (Wildman–Crippen MR) is 70.1 cm³/mol. The molecule has 0 aliphatic carbocycles. The van der Waals surface area contributed by atoms with E-state index in [1.807, 2.05) is 19.9 Å². The second-order valence-electron chi connectivity index (χ2n) is 4.95. The first-order chi connectivity index (χ1) is 8.51. The van der Waals surface area contributed by atoms with Gasteiger partial charge in [0.25, 0.3) is 0 Å². The molecule has 1 unspecified atom stereocenters. The lowest BCUT2D eigenvalue weighted by Gasteiger charge is -2.16. The van der Waals surface area contributed by atoms with E-state index in [4.69, 9.17) is 10.3 Å². The second kappa shape index (κ2) is 4.90. The lowest BCUT2D eigenvalue weighted by molar-refractivity contribution is 0.356. The number of aromatic nitrogens is 2. The molecule has 4 nitrogen and oxygen atoms in total. The van der Waals surface area contributed by atoms with Crippen LogP contribution in [-0.2, 0) is 12.0 Å². The normalized spacial score (nSPS) is 14.4. The van der Waals surface area contributed by atoms with E-state index >= 15 is 0 Å². The minimum atomic E-state index is -0.519. The summed E-state index contributed by atoms with van der Waals surface area (Å²) in [6, 6.07) is 8.27. The quantitative estimate of drug-likeness (QED) is 0.899. The van der Waals surface area contributed by atoms with E-state index in [9.17, 15) is 0 Å². The number of nitrogens with two attached hydrogens (primary N) is 1. The molecule has 0 saturated heterocycles. The molecule has 0 spiro atoms. The Balaban J connectivity index is 2.16. The summed E-state index contributed by atoms with van der Waals surface area (Å²) in [6.07, 6.45) is 1.42. The van der Waals surface area contributed by atoms with E-state index in [0.29, 0.717) is 18.1 Å². The molecule has 18 heavy (non-hydrogen) atoms. The molecular weight excluding hydrogens is 226 g/mol. The van der Waals surface area contributed by atoms with Crippen molar-refractivity contribution in [2.75, 3.05) is 0 Å². The molecule has 0 radical (unpaired) electrons. The molecule has 0 bridgehead atoms. The van der Waals surface area contributed by atoms with Crippen LogP contribution in [0.5, 0.6) is 0 Å². The van der Waals surface area contributed by atoms with Crippen LogP contribution in [0.3, 0.4) is 0 Å². The van der Waals surface area contributed by atoms with Crippen molar-refractivity contribution in [3.8, 4) is 0 Å². The second-order valence-corrected chi connectivity index (χ2v) is 4.95. The van der Waals surface area contributed by atoms with E-state index in [1.165, 1.54) is 11.1 Å². The van der Waals surface area contributed by atoms with Crippen LogP contribution in [-0.4, -0.2) is 10.1 Å². The number of hydrogen-bond acceptors (Lipinski definition) is 4. The molecule has 96 valence electrons. The summed E-state index contributed by atoms with van der Waals surface area (Å²) in [7, 11) is 0. The summed E-state index contributed by atoms with van der Waals surface area (Å²) in [4.78, 5) is 4.37. The molecule has 1 heterocycles. The van der Waals surface area contributed by atoms with Crippen LogP contribution < -0.4 is 5.73 Å². The standard InChI is InChI=1S/C14H19N3O/c1-4-14(3,15)13-16-12(18-17-13)9-11-7-5-6-10(2)8-11/h5-8H,4,9,15H2,1-3H3. The highest BCUT2D eigenvalue weighted by Gasteiger charge is 2.25. The number of benzene rings is 1. The van der Waals surface area contributed by atoms with Crippen molar-refractivity contribution in [1.82, 2.24) is 10.1 Å². The minimum Gasteiger partial charge on any atom is -0.339 e. The third-order valence-corrected chi connectivity index (χ3v) is 3.15. The number of rotatable bonds is 4. The van der Waals surface area contributed by atoms with Crippen LogP contribution in [0.25, 0.3) is 0 Å². The molecular formula is C14H19N3O. The van der Waals surface area contributed by atoms with Crippen molar-refractivity contribution in [3.05, 3.63) is 47.1 Å². The van der Waals surface area contributed by atoms with Gasteiger partial charge in [-0.25, -0.2) is 0 Å². The average molecular weight is 245 g/mol. The predicted octanol–water partition coefficient (Wildman–Crippen LogP) is 2.55. The summed E-state index contributed by atoms with van der Waals surface area (Å²) < 4.78 is 5.26. The van der Waals surface area contributed by atoms with Gasteiger partial charge in [0.15, 0.2) is 5.82 Å². The number of hydrogen-bond donors (Lipinski definition) is 1. The number of aryl methyl sites for hydroxylation is 1. The maximum Gasteiger partial charge on any atom is 0.231 e. The molecule has 0 aliphatic heterocycles. The molecule has 0 fully saturated rings. The highest BCUT2D eigenvalue weighted by molar-refractivity contribution is 5.24. The molecule has 0 saturated carbocycles. The van der Waals surface area contributed by atoms with Gasteiger partial charge < -0.3 is 10.3 Å². The Morgan fingerprint density at radius 1 is 1.39 bits per heavy atom. The Bertz CT molecular complexity index is 531. The largest absolute Gasteiger partial charge is 0.339 e. The van der Waals surface area contributed by atoms with Crippen molar-refractivity contribution in [3.63, 3.8) is 0 Å². The van der Waals surface area contributed by atoms with Crippen molar-refractivity contribution < 1.29 is 4.52 Å². The number of nitrogens with zero attached hydrogens (tertiary/aromatic N) is 2. The monoisotopic (exact) mass is 245 g/mol. The van der Waals surface area contributed by atoms with Gasteiger partial charge in [0.1, 0.15) is 0 Å². The fourth-order valence-electron chi connectivity index (χ4n) is 1.71. The molecule has 0 aliphatic rings. The smallest absolute Gasteiger partial charge is 0.231 e. The van der Waals surface area contributed by atoms with Crippen LogP contribution in [0.15, 0.2) is 28.8 Å². The summed E-state index contributed by atoms with van der Waals surface area (Å²) in [5, 5.41) is 3.97. The van der Waals surface area contributed by atoms with Crippen LogP contribution >= 0.6 is 0 Å². The molecule has 0 amide bonds. The van der Waals surface area contributed by atoms with Gasteiger partial charge in [-0.2, -0.15) is 4.98 Å². The zero-order chi connectivity index (χ0) is 13.2. The van der Waals surface area contributed by atoms with Crippen LogP contribution in [0.2, 0.25) is 0 Å². The van der Waals surface area contributed by atoms with Crippen molar-refractivity contribution >= 4 is 0 Å². The van der Waals surface area contributed by atoms with E-state index in [1.54, 1.807) is 0 Å². The highest BCUT2D eigenvalue weighted by atomic mass is 16.5. The van der Waals surface area contributed by atoms with Gasteiger partial charge in [-0.05, 0) is 25.8 Å². The van der Waals surface area contributed by atoms with E-state index < -0.39 is 5.54 Å². The van der Waals surface area contributed by atoms with Gasteiger partial charge in [-0.3, -0.25) is 0 Å². The zero-order valence-electron chi connectivity index (χ0n) is 11.1. The molecule has 1 aromatic carbocycles. The van der Waals surface area contributed by atoms with E-state index in [-0.39, 0.29) is 0 Å². The van der Waals surface area contributed by atoms with Crippen LogP contribution in [0.1, 0.15) is 43.1 Å². The minimum absolute atomic E-state index is 0.519. The molecule has 1 aromatic heterocycles.